The van der Waals surface area contributed by atoms with Gasteiger partial charge in [0.1, 0.15) is 24.7 Å². The lowest BCUT2D eigenvalue weighted by molar-refractivity contribution is 0.0963. The van der Waals surface area contributed by atoms with Gasteiger partial charge in [-0.05, 0) is 41.0 Å². The van der Waals surface area contributed by atoms with Crippen molar-refractivity contribution >= 4 is 17.5 Å². The molecule has 6 nitrogen and oxygen atoms in total. The number of alkyl halides is 1. The van der Waals surface area contributed by atoms with Crippen molar-refractivity contribution < 1.29 is 18.7 Å². The third-order valence-corrected chi connectivity index (χ3v) is 5.58. The van der Waals surface area contributed by atoms with Crippen molar-refractivity contribution in [2.75, 3.05) is 7.05 Å². The topological polar surface area (TPSA) is 77.8 Å². The van der Waals surface area contributed by atoms with Crippen LogP contribution in [0.1, 0.15) is 27.4 Å². The number of nitrogens with one attached hydrogen (secondary N) is 1. The van der Waals surface area contributed by atoms with E-state index in [1.807, 2.05) is 66.7 Å². The Balaban J connectivity index is 1.47. The van der Waals surface area contributed by atoms with E-state index in [0.717, 1.165) is 16.7 Å². The number of rotatable bonds is 9. The van der Waals surface area contributed by atoms with Crippen molar-refractivity contribution in [3.05, 3.63) is 118 Å². The maximum Gasteiger partial charge on any atom is 0.251 e. The van der Waals surface area contributed by atoms with Crippen molar-refractivity contribution in [3.8, 4) is 22.6 Å². The van der Waals surface area contributed by atoms with Crippen molar-refractivity contribution in [2.24, 2.45) is 0 Å². The molecule has 3 aromatic carbocycles. The zero-order chi connectivity index (χ0) is 24.6. The maximum atomic E-state index is 12.6. The lowest BCUT2D eigenvalue weighted by Gasteiger charge is -2.12. The lowest BCUT2D eigenvalue weighted by atomic mass is 10.0. The molecule has 4 aromatic rings. The van der Waals surface area contributed by atoms with Crippen molar-refractivity contribution in [3.63, 3.8) is 0 Å². The Morgan fingerprint density at radius 2 is 1.54 bits per heavy atom. The quantitative estimate of drug-likeness (QED) is 0.311. The number of halogens is 1. The van der Waals surface area contributed by atoms with Crippen LogP contribution in [-0.2, 0) is 19.1 Å². The summed E-state index contributed by atoms with van der Waals surface area (Å²) < 4.78 is 17.4. The van der Waals surface area contributed by atoms with Crippen LogP contribution in [0.3, 0.4) is 0 Å². The SMILES string of the molecule is CNC(=O)c1ccc(-c2ccc(OCc3oc(CCl)cc(=O)c3OCc3ccccc3)cc2)cc1. The van der Waals surface area contributed by atoms with Gasteiger partial charge in [-0.3, -0.25) is 9.59 Å². The predicted molar refractivity (Wildman–Crippen MR) is 135 cm³/mol. The molecule has 0 saturated heterocycles. The molecule has 1 amide bonds. The molecule has 1 heterocycles. The number of benzene rings is 3. The van der Waals surface area contributed by atoms with E-state index in [1.54, 1.807) is 19.2 Å². The Labute approximate surface area is 208 Å². The third-order valence-electron chi connectivity index (χ3n) is 5.31. The van der Waals surface area contributed by atoms with Crippen LogP contribution in [0.15, 0.2) is 94.1 Å². The van der Waals surface area contributed by atoms with Crippen LogP contribution in [0.25, 0.3) is 11.1 Å². The number of hydrogen-bond donors (Lipinski definition) is 1. The molecule has 0 spiro atoms. The number of carbonyl (C=O) groups is 1. The minimum Gasteiger partial charge on any atom is -0.486 e. The van der Waals surface area contributed by atoms with Crippen molar-refractivity contribution in [1.29, 1.82) is 0 Å². The van der Waals surface area contributed by atoms with Gasteiger partial charge in [-0.25, -0.2) is 0 Å². The van der Waals surface area contributed by atoms with E-state index in [9.17, 15) is 9.59 Å². The molecule has 1 aromatic heterocycles. The molecule has 0 radical (unpaired) electrons. The molecule has 7 heteroatoms. The first-order chi connectivity index (χ1) is 17.1. The van der Waals surface area contributed by atoms with Gasteiger partial charge in [0.15, 0.2) is 5.76 Å². The second-order valence-corrected chi connectivity index (χ2v) is 7.97. The van der Waals surface area contributed by atoms with Gasteiger partial charge in [-0.1, -0.05) is 54.6 Å². The van der Waals surface area contributed by atoms with Crippen LogP contribution in [-0.4, -0.2) is 13.0 Å². The van der Waals surface area contributed by atoms with Crippen LogP contribution in [0.2, 0.25) is 0 Å². The van der Waals surface area contributed by atoms with Crippen LogP contribution in [0, 0.1) is 0 Å². The van der Waals surface area contributed by atoms with Gasteiger partial charge in [0.05, 0.1) is 5.88 Å². The number of hydrogen-bond acceptors (Lipinski definition) is 5. The Morgan fingerprint density at radius 3 is 2.17 bits per heavy atom. The van der Waals surface area contributed by atoms with Gasteiger partial charge >= 0.3 is 0 Å². The number of carbonyl (C=O) groups excluding carboxylic acids is 1. The molecular formula is C28H24ClNO5. The van der Waals surface area contributed by atoms with Gasteiger partial charge in [-0.15, -0.1) is 11.6 Å². The van der Waals surface area contributed by atoms with Gasteiger partial charge in [0.25, 0.3) is 5.91 Å². The molecule has 0 saturated carbocycles. The average molecular weight is 490 g/mol. The number of ether oxygens (including phenoxy) is 2. The first-order valence-corrected chi connectivity index (χ1v) is 11.5. The summed E-state index contributed by atoms with van der Waals surface area (Å²) in [4.78, 5) is 24.3. The smallest absolute Gasteiger partial charge is 0.251 e. The first kappa shape index (κ1) is 24.1. The van der Waals surface area contributed by atoms with E-state index in [1.165, 1.54) is 6.07 Å². The van der Waals surface area contributed by atoms with Gasteiger partial charge in [0, 0.05) is 18.7 Å². The summed E-state index contributed by atoms with van der Waals surface area (Å²) in [6.07, 6.45) is 0. The van der Waals surface area contributed by atoms with Gasteiger partial charge < -0.3 is 19.2 Å². The average Bonchev–Trinajstić information content (AvgIpc) is 2.91. The monoisotopic (exact) mass is 489 g/mol. The highest BCUT2D eigenvalue weighted by Crippen LogP contribution is 2.25. The zero-order valence-corrected chi connectivity index (χ0v) is 19.9. The Kier molecular flexibility index (Phi) is 7.85. The second kappa shape index (κ2) is 11.4. The van der Waals surface area contributed by atoms with Crippen molar-refractivity contribution in [1.82, 2.24) is 5.32 Å². The lowest BCUT2D eigenvalue weighted by Crippen LogP contribution is -2.17. The summed E-state index contributed by atoms with van der Waals surface area (Å²) in [6.45, 7) is 0.233. The highest BCUT2D eigenvalue weighted by atomic mass is 35.5. The highest BCUT2D eigenvalue weighted by Gasteiger charge is 2.15. The van der Waals surface area contributed by atoms with E-state index in [2.05, 4.69) is 5.32 Å². The Morgan fingerprint density at radius 1 is 0.886 bits per heavy atom. The van der Waals surface area contributed by atoms with Gasteiger partial charge in [-0.2, -0.15) is 0 Å². The fraction of sp³-hybridized carbons (Fsp3) is 0.143. The molecule has 0 fully saturated rings. The summed E-state index contributed by atoms with van der Waals surface area (Å²) in [5.41, 5.74) is 3.17. The van der Waals surface area contributed by atoms with E-state index >= 15 is 0 Å². The minimum atomic E-state index is -0.308. The van der Waals surface area contributed by atoms with Gasteiger partial charge in [0.2, 0.25) is 11.2 Å². The summed E-state index contributed by atoms with van der Waals surface area (Å²) >= 11 is 5.89. The molecule has 1 N–H and O–H groups in total. The molecule has 0 aliphatic heterocycles. The largest absolute Gasteiger partial charge is 0.486 e. The summed E-state index contributed by atoms with van der Waals surface area (Å²) in [6, 6.07) is 25.7. The van der Waals surface area contributed by atoms with Crippen LogP contribution in [0.4, 0.5) is 0 Å². The molecule has 0 bridgehead atoms. The Bertz CT molecular complexity index is 1330. The van der Waals surface area contributed by atoms with E-state index in [0.29, 0.717) is 17.1 Å². The first-order valence-electron chi connectivity index (χ1n) is 11.0. The normalized spacial score (nSPS) is 10.6. The summed E-state index contributed by atoms with van der Waals surface area (Å²) in [5, 5.41) is 2.61. The van der Waals surface area contributed by atoms with E-state index in [-0.39, 0.29) is 41.9 Å². The third kappa shape index (κ3) is 6.11. The molecule has 0 aliphatic rings. The predicted octanol–water partition coefficient (Wildman–Crippen LogP) is 5.56. The zero-order valence-electron chi connectivity index (χ0n) is 19.1. The fourth-order valence-electron chi connectivity index (χ4n) is 3.48. The molecule has 35 heavy (non-hydrogen) atoms. The van der Waals surface area contributed by atoms with E-state index in [4.69, 9.17) is 25.5 Å². The molecule has 178 valence electrons. The molecule has 0 atom stereocenters. The summed E-state index contributed by atoms with van der Waals surface area (Å²) in [7, 11) is 1.60. The van der Waals surface area contributed by atoms with E-state index < -0.39 is 0 Å². The molecular weight excluding hydrogens is 466 g/mol. The standard InChI is InChI=1S/C28H24ClNO5/c1-30-28(32)22-9-7-20(8-10-22)21-11-13-23(14-12-21)33-18-26-27(25(31)15-24(16-29)35-26)34-17-19-5-3-2-4-6-19/h2-15H,16-18H2,1H3,(H,30,32). The Hall–Kier alpha value is -4.03. The van der Waals surface area contributed by atoms with Crippen LogP contribution in [0.5, 0.6) is 11.5 Å². The van der Waals surface area contributed by atoms with Crippen LogP contribution < -0.4 is 20.2 Å². The van der Waals surface area contributed by atoms with Crippen molar-refractivity contribution in [2.45, 2.75) is 19.1 Å². The second-order valence-electron chi connectivity index (χ2n) is 7.71. The van der Waals surface area contributed by atoms with Crippen LogP contribution >= 0.6 is 11.6 Å². The number of amides is 1. The molecule has 4 rings (SSSR count). The fourth-order valence-corrected chi connectivity index (χ4v) is 3.61. The minimum absolute atomic E-state index is 0.00423. The summed E-state index contributed by atoms with van der Waals surface area (Å²) in [5.74, 6) is 1.27. The maximum absolute atomic E-state index is 12.6. The molecule has 0 unspecified atom stereocenters. The molecule has 0 aliphatic carbocycles. The highest BCUT2D eigenvalue weighted by molar-refractivity contribution is 6.16.